The molecular formula is C30H50O2Si5. The second-order valence-corrected chi connectivity index (χ2v) is 44.6. The van der Waals surface area contributed by atoms with Gasteiger partial charge < -0.3 is 9.16 Å². The third-order valence-corrected chi connectivity index (χ3v) is 49.7. The monoisotopic (exact) mass is 582 g/mol. The van der Waals surface area contributed by atoms with E-state index in [1.807, 2.05) is 0 Å². The van der Waals surface area contributed by atoms with Crippen LogP contribution in [0.2, 0.25) is 87.1 Å². The fourth-order valence-corrected chi connectivity index (χ4v) is 61.3. The summed E-state index contributed by atoms with van der Waals surface area (Å²) in [6, 6.07) is 22.4. The van der Waals surface area contributed by atoms with E-state index in [9.17, 15) is 0 Å². The van der Waals surface area contributed by atoms with Crippen molar-refractivity contribution < 1.29 is 9.16 Å². The van der Waals surface area contributed by atoms with Gasteiger partial charge in [0.1, 0.15) is 0 Å². The molecule has 2 aromatic rings. The fourth-order valence-electron chi connectivity index (χ4n) is 10.7. The Morgan fingerprint density at radius 2 is 0.892 bits per heavy atom. The molecule has 2 atom stereocenters. The third kappa shape index (κ3) is 2.92. The van der Waals surface area contributed by atoms with Gasteiger partial charge in [-0.3, -0.25) is 0 Å². The van der Waals surface area contributed by atoms with Gasteiger partial charge in [0.2, 0.25) is 14.1 Å². The van der Waals surface area contributed by atoms with Gasteiger partial charge in [0.15, 0.2) is 5.22 Å². The van der Waals surface area contributed by atoms with Gasteiger partial charge in [-0.2, -0.15) is 0 Å². The van der Waals surface area contributed by atoms with Gasteiger partial charge in [0, 0.05) is 37.9 Å². The lowest BCUT2D eigenvalue weighted by atomic mass is 10.0. The average molecular weight is 583 g/mol. The molecule has 0 bridgehead atoms. The second-order valence-electron chi connectivity index (χ2n) is 16.2. The molecule has 0 amide bonds. The summed E-state index contributed by atoms with van der Waals surface area (Å²) in [5.74, 6) is -0.610. The first-order chi connectivity index (χ1) is 16.8. The minimum Gasteiger partial charge on any atom is -0.381 e. The topological polar surface area (TPSA) is 21.8 Å². The molecule has 37 heavy (non-hydrogen) atoms. The van der Waals surface area contributed by atoms with Gasteiger partial charge in [-0.25, -0.2) is 0 Å². The van der Waals surface area contributed by atoms with Crippen LogP contribution in [0.4, 0.5) is 0 Å². The van der Waals surface area contributed by atoms with E-state index >= 15 is 0 Å². The van der Waals surface area contributed by atoms with Crippen LogP contribution in [0.15, 0.2) is 60.7 Å². The molecule has 202 valence electrons. The summed E-state index contributed by atoms with van der Waals surface area (Å²) in [5.41, 5.74) is 2.63. The van der Waals surface area contributed by atoms with Crippen molar-refractivity contribution in [3.8, 4) is 0 Å². The Kier molecular flexibility index (Phi) is 5.90. The number of fused-ring (bicyclic) bond motifs is 2. The predicted molar refractivity (Wildman–Crippen MR) is 172 cm³/mol. The third-order valence-electron chi connectivity index (χ3n) is 11.0. The zero-order valence-electron chi connectivity index (χ0n) is 25.5. The number of benzene rings is 2. The molecule has 3 saturated heterocycles. The Labute approximate surface area is 231 Å². The van der Waals surface area contributed by atoms with Crippen LogP contribution in [-0.4, -0.2) is 40.6 Å². The normalized spacial score (nSPS) is 30.1. The number of hydrogen-bond acceptors (Lipinski definition) is 2. The molecule has 2 unspecified atom stereocenters. The Balaban J connectivity index is 1.97. The summed E-state index contributed by atoms with van der Waals surface area (Å²) in [7, 11) is -9.54. The summed E-state index contributed by atoms with van der Waals surface area (Å²) in [5, 5.41) is -0.291. The molecule has 5 rings (SSSR count). The van der Waals surface area contributed by atoms with Gasteiger partial charge in [-0.15, -0.1) is 0 Å². The van der Waals surface area contributed by atoms with Gasteiger partial charge in [0.05, 0.1) is 0 Å². The lowest BCUT2D eigenvalue weighted by Crippen LogP contribution is -2.87. The quantitative estimate of drug-likeness (QED) is 0.250. The Bertz CT molecular complexity index is 1120. The highest BCUT2D eigenvalue weighted by molar-refractivity contribution is 7.26. The Morgan fingerprint density at radius 3 is 1.24 bits per heavy atom. The molecule has 3 aliphatic rings. The molecule has 1 spiro atoms. The molecule has 3 aliphatic heterocycles. The molecule has 0 aromatic heterocycles. The first kappa shape index (κ1) is 28.0. The van der Waals surface area contributed by atoms with Crippen LogP contribution in [0.5, 0.6) is 0 Å². The standard InChI is InChI=1S/C30H50O2Si5/c1-33(2,3)27(34(4,5)6)23-24-28(35(7,8)9,36(10,11)12)37(27)30(26-21-17-14-18-22-26)29(31-30,32-37)25-19-15-13-16-20-25/h13-22H,23-24H2,1-12H3. The highest BCUT2D eigenvalue weighted by Gasteiger charge is 3.04. The summed E-state index contributed by atoms with van der Waals surface area (Å²) < 4.78 is 16.2. The van der Waals surface area contributed by atoms with Crippen molar-refractivity contribution in [1.29, 1.82) is 0 Å². The van der Waals surface area contributed by atoms with Crippen LogP contribution in [0.25, 0.3) is 0 Å². The molecule has 0 saturated carbocycles. The molecule has 7 heteroatoms. The minimum atomic E-state index is -2.63. The minimum absolute atomic E-state index is 0.291. The van der Waals surface area contributed by atoms with E-state index in [0.717, 1.165) is 0 Å². The lowest BCUT2D eigenvalue weighted by Gasteiger charge is -2.71. The first-order valence-electron chi connectivity index (χ1n) is 14.3. The highest BCUT2D eigenvalue weighted by atomic mass is 28.5. The van der Waals surface area contributed by atoms with Crippen molar-refractivity contribution in [2.45, 2.75) is 111 Å². The van der Waals surface area contributed by atoms with Crippen LogP contribution < -0.4 is 0 Å². The van der Waals surface area contributed by atoms with E-state index in [1.54, 1.807) is 0 Å². The van der Waals surface area contributed by atoms with Crippen molar-refractivity contribution in [1.82, 2.24) is 0 Å². The van der Waals surface area contributed by atoms with E-state index in [0.29, 0.717) is 8.57 Å². The van der Waals surface area contributed by atoms with Crippen LogP contribution in [0.1, 0.15) is 24.0 Å². The van der Waals surface area contributed by atoms with Gasteiger partial charge in [-0.1, -0.05) is 152 Å². The van der Waals surface area contributed by atoms with Crippen LogP contribution in [0.3, 0.4) is 0 Å². The molecule has 2 aromatic carbocycles. The van der Waals surface area contributed by atoms with Crippen LogP contribution >= 0.6 is 0 Å². The summed E-state index contributed by atoms with van der Waals surface area (Å²) >= 11 is 0. The SMILES string of the molecule is C[Si](C)(C)C1([Si](C)(C)C)CCC([Si](C)(C)C)([Si](C)(C)C)[Si]12OC1(c3ccccc3)OC12c1ccccc1. The highest BCUT2D eigenvalue weighted by Crippen LogP contribution is 2.92. The van der Waals surface area contributed by atoms with Gasteiger partial charge in [-0.05, 0) is 14.1 Å². The van der Waals surface area contributed by atoms with E-state index in [4.69, 9.17) is 9.16 Å². The zero-order chi connectivity index (χ0) is 27.6. The molecule has 0 radical (unpaired) electrons. The number of rotatable bonds is 6. The summed E-state index contributed by atoms with van der Waals surface area (Å²) in [6.45, 7) is 32.3. The smallest absolute Gasteiger partial charge is 0.243 e. The van der Waals surface area contributed by atoms with E-state index in [-0.39, 0.29) is 5.22 Å². The fraction of sp³-hybridized carbons (Fsp3) is 0.600. The largest absolute Gasteiger partial charge is 0.381 e. The van der Waals surface area contributed by atoms with Crippen LogP contribution in [0, 0.1) is 0 Å². The van der Waals surface area contributed by atoms with Crippen LogP contribution in [-0.2, 0) is 20.2 Å². The lowest BCUT2D eigenvalue weighted by molar-refractivity contribution is 0.0282. The van der Waals surface area contributed by atoms with Crippen molar-refractivity contribution in [3.05, 3.63) is 71.8 Å². The van der Waals surface area contributed by atoms with Crippen molar-refractivity contribution in [2.75, 3.05) is 0 Å². The predicted octanol–water partition coefficient (Wildman–Crippen LogP) is 9.06. The van der Waals surface area contributed by atoms with Crippen molar-refractivity contribution in [2.24, 2.45) is 0 Å². The van der Waals surface area contributed by atoms with Crippen molar-refractivity contribution >= 4 is 40.6 Å². The molecular weight excluding hydrogens is 533 g/mol. The summed E-state index contributed by atoms with van der Waals surface area (Å²) in [6.07, 6.45) is 2.73. The molecule has 0 aliphatic carbocycles. The number of epoxide rings is 1. The van der Waals surface area contributed by atoms with E-state index in [2.05, 4.69) is 139 Å². The zero-order valence-corrected chi connectivity index (χ0v) is 30.5. The number of ether oxygens (including phenoxy) is 1. The Hall–Kier alpha value is -0.556. The van der Waals surface area contributed by atoms with Crippen molar-refractivity contribution in [3.63, 3.8) is 0 Å². The first-order valence-corrected chi connectivity index (χ1v) is 30.3. The molecule has 2 nitrogen and oxygen atoms in total. The van der Waals surface area contributed by atoms with Gasteiger partial charge >= 0.3 is 0 Å². The van der Waals surface area contributed by atoms with E-state index < -0.39 is 46.4 Å². The van der Waals surface area contributed by atoms with Gasteiger partial charge in [0.25, 0.3) is 0 Å². The summed E-state index contributed by atoms with van der Waals surface area (Å²) in [4.78, 5) is 0. The number of hydrogen-bond donors (Lipinski definition) is 0. The molecule has 3 fully saturated rings. The Morgan fingerprint density at radius 1 is 0.541 bits per heavy atom. The van der Waals surface area contributed by atoms with E-state index in [1.165, 1.54) is 24.0 Å². The molecule has 0 N–H and O–H groups in total. The molecule has 3 heterocycles. The maximum atomic E-state index is 8.09. The second kappa shape index (κ2) is 7.80. The average Bonchev–Trinajstić information content (AvgIpc) is 3.14. The maximum Gasteiger partial charge on any atom is 0.243 e. The maximum absolute atomic E-state index is 8.09.